The molecule has 16 heavy (non-hydrogen) atoms. The van der Waals surface area contributed by atoms with Gasteiger partial charge in [0.2, 0.25) is 0 Å². The van der Waals surface area contributed by atoms with Crippen LogP contribution in [0, 0.1) is 5.41 Å². The van der Waals surface area contributed by atoms with Gasteiger partial charge in [0.05, 0.1) is 5.69 Å². The Bertz CT molecular complexity index is 317. The van der Waals surface area contributed by atoms with Crippen LogP contribution in [0.4, 0.5) is 0 Å². The summed E-state index contributed by atoms with van der Waals surface area (Å²) in [5.74, 6) is 0. The Labute approximate surface area is 98.4 Å². The molecule has 0 unspecified atom stereocenters. The highest BCUT2D eigenvalue weighted by atomic mass is 15.3. The van der Waals surface area contributed by atoms with Crippen molar-refractivity contribution in [1.82, 2.24) is 14.7 Å². The molecule has 0 atom stereocenters. The molecule has 0 aliphatic rings. The number of rotatable bonds is 6. The first-order valence-electron chi connectivity index (χ1n) is 5.88. The highest BCUT2D eigenvalue weighted by Gasteiger charge is 2.19. The summed E-state index contributed by atoms with van der Waals surface area (Å²) in [5, 5.41) is 4.40. The van der Waals surface area contributed by atoms with E-state index in [9.17, 15) is 0 Å². The van der Waals surface area contributed by atoms with E-state index >= 15 is 0 Å². The van der Waals surface area contributed by atoms with Gasteiger partial charge >= 0.3 is 0 Å². The lowest BCUT2D eigenvalue weighted by molar-refractivity contribution is 0.181. The second-order valence-corrected chi connectivity index (χ2v) is 5.15. The van der Waals surface area contributed by atoms with Crippen molar-refractivity contribution in [2.75, 3.05) is 19.6 Å². The number of hydrogen-bond donors (Lipinski definition) is 1. The van der Waals surface area contributed by atoms with Gasteiger partial charge in [-0.05, 0) is 24.6 Å². The van der Waals surface area contributed by atoms with Gasteiger partial charge in [-0.3, -0.25) is 9.58 Å². The topological polar surface area (TPSA) is 47.1 Å². The van der Waals surface area contributed by atoms with Crippen LogP contribution in [0.25, 0.3) is 0 Å². The summed E-state index contributed by atoms with van der Waals surface area (Å²) in [6.45, 7) is 10.2. The molecule has 4 nitrogen and oxygen atoms in total. The molecule has 92 valence electrons. The highest BCUT2D eigenvalue weighted by Crippen LogP contribution is 2.16. The van der Waals surface area contributed by atoms with Gasteiger partial charge in [-0.2, -0.15) is 5.10 Å². The summed E-state index contributed by atoms with van der Waals surface area (Å²) in [4.78, 5) is 2.38. The Balaban J connectivity index is 2.55. The largest absolute Gasteiger partial charge is 0.330 e. The fourth-order valence-electron chi connectivity index (χ4n) is 1.73. The minimum absolute atomic E-state index is 0.171. The Kier molecular flexibility index (Phi) is 4.50. The van der Waals surface area contributed by atoms with Crippen LogP contribution in [0.2, 0.25) is 0 Å². The van der Waals surface area contributed by atoms with E-state index in [1.165, 1.54) is 0 Å². The third kappa shape index (κ3) is 3.94. The van der Waals surface area contributed by atoms with Gasteiger partial charge in [0.15, 0.2) is 0 Å². The summed E-state index contributed by atoms with van der Waals surface area (Å²) in [6, 6.07) is 2.07. The lowest BCUT2D eigenvalue weighted by Gasteiger charge is -2.30. The second kappa shape index (κ2) is 5.46. The normalized spacial score (nSPS) is 12.4. The summed E-state index contributed by atoms with van der Waals surface area (Å²) in [6.07, 6.45) is 1.98. The first-order valence-corrected chi connectivity index (χ1v) is 5.88. The number of aromatic nitrogens is 2. The van der Waals surface area contributed by atoms with Gasteiger partial charge in [-0.15, -0.1) is 0 Å². The van der Waals surface area contributed by atoms with Gasteiger partial charge in [-0.1, -0.05) is 20.8 Å². The van der Waals surface area contributed by atoms with E-state index in [0.29, 0.717) is 6.54 Å². The van der Waals surface area contributed by atoms with Crippen molar-refractivity contribution in [2.45, 2.75) is 27.3 Å². The molecule has 0 fully saturated rings. The Hall–Kier alpha value is -0.870. The van der Waals surface area contributed by atoms with Crippen molar-refractivity contribution in [1.29, 1.82) is 0 Å². The fourth-order valence-corrected chi connectivity index (χ4v) is 1.73. The van der Waals surface area contributed by atoms with E-state index in [-0.39, 0.29) is 5.41 Å². The molecule has 4 heteroatoms. The average molecular weight is 224 g/mol. The van der Waals surface area contributed by atoms with Gasteiger partial charge < -0.3 is 5.73 Å². The van der Waals surface area contributed by atoms with Crippen LogP contribution in [0.5, 0.6) is 0 Å². The predicted octanol–water partition coefficient (Wildman–Crippen LogP) is 1.23. The molecule has 2 N–H and O–H groups in total. The maximum Gasteiger partial charge on any atom is 0.0764 e. The summed E-state index contributed by atoms with van der Waals surface area (Å²) in [7, 11) is 1.95. The molecule has 1 aromatic rings. The lowest BCUT2D eigenvalue weighted by Crippen LogP contribution is -2.38. The number of nitrogens with two attached hydrogens (primary N) is 1. The van der Waals surface area contributed by atoms with Crippen LogP contribution in [-0.4, -0.2) is 34.3 Å². The van der Waals surface area contributed by atoms with Gasteiger partial charge in [0, 0.05) is 26.3 Å². The Morgan fingerprint density at radius 1 is 1.50 bits per heavy atom. The molecule has 0 amide bonds. The smallest absolute Gasteiger partial charge is 0.0764 e. The third-order valence-corrected chi connectivity index (χ3v) is 2.81. The molecule has 0 bridgehead atoms. The summed E-state index contributed by atoms with van der Waals surface area (Å²) >= 11 is 0. The zero-order valence-corrected chi connectivity index (χ0v) is 10.9. The van der Waals surface area contributed by atoms with E-state index in [1.807, 2.05) is 17.9 Å². The third-order valence-electron chi connectivity index (χ3n) is 2.81. The maximum absolute atomic E-state index is 5.76. The Morgan fingerprint density at radius 2 is 2.19 bits per heavy atom. The number of nitrogens with zero attached hydrogens (tertiary/aromatic N) is 3. The fraction of sp³-hybridized carbons (Fsp3) is 0.750. The van der Waals surface area contributed by atoms with E-state index in [0.717, 1.165) is 25.3 Å². The molecule has 1 rings (SSSR count). The molecule has 0 spiro atoms. The molecule has 0 aliphatic heterocycles. The minimum Gasteiger partial charge on any atom is -0.330 e. The maximum atomic E-state index is 5.76. The quantitative estimate of drug-likeness (QED) is 0.790. The van der Waals surface area contributed by atoms with Gasteiger partial charge in [0.25, 0.3) is 0 Å². The van der Waals surface area contributed by atoms with E-state index in [1.54, 1.807) is 0 Å². The van der Waals surface area contributed by atoms with Crippen LogP contribution in [0.15, 0.2) is 12.3 Å². The van der Waals surface area contributed by atoms with Crippen LogP contribution in [0.1, 0.15) is 26.5 Å². The molecule has 0 aliphatic carbocycles. The van der Waals surface area contributed by atoms with Crippen molar-refractivity contribution in [3.8, 4) is 0 Å². The first kappa shape index (κ1) is 13.2. The lowest BCUT2D eigenvalue weighted by atomic mass is 9.93. The second-order valence-electron chi connectivity index (χ2n) is 5.15. The molecule has 0 saturated heterocycles. The molecule has 0 aromatic carbocycles. The average Bonchev–Trinajstić information content (AvgIpc) is 2.63. The standard InChI is InChI=1S/C12H24N4/c1-5-16(10-12(2,3)9-13)8-11-6-7-15(4)14-11/h6-7H,5,8-10,13H2,1-4H3. The van der Waals surface area contributed by atoms with Crippen LogP contribution >= 0.6 is 0 Å². The first-order chi connectivity index (χ1) is 7.46. The molecule has 1 heterocycles. The van der Waals surface area contributed by atoms with Gasteiger partial charge in [-0.25, -0.2) is 0 Å². The summed E-state index contributed by atoms with van der Waals surface area (Å²) < 4.78 is 1.84. The van der Waals surface area contributed by atoms with Crippen molar-refractivity contribution in [3.63, 3.8) is 0 Å². The highest BCUT2D eigenvalue weighted by molar-refractivity contribution is 4.98. The number of aryl methyl sites for hydroxylation is 1. The van der Waals surface area contributed by atoms with E-state index < -0.39 is 0 Å². The van der Waals surface area contributed by atoms with E-state index in [2.05, 4.69) is 36.8 Å². The monoisotopic (exact) mass is 224 g/mol. The molecular formula is C12H24N4. The van der Waals surface area contributed by atoms with Crippen molar-refractivity contribution in [2.24, 2.45) is 18.2 Å². The van der Waals surface area contributed by atoms with Crippen molar-refractivity contribution >= 4 is 0 Å². The molecular weight excluding hydrogens is 200 g/mol. The Morgan fingerprint density at radius 3 is 2.62 bits per heavy atom. The van der Waals surface area contributed by atoms with Crippen molar-refractivity contribution < 1.29 is 0 Å². The zero-order valence-electron chi connectivity index (χ0n) is 10.9. The predicted molar refractivity (Wildman–Crippen MR) is 67.0 cm³/mol. The molecule has 0 saturated carbocycles. The zero-order chi connectivity index (χ0) is 12.2. The van der Waals surface area contributed by atoms with E-state index in [4.69, 9.17) is 5.73 Å². The van der Waals surface area contributed by atoms with Gasteiger partial charge in [0.1, 0.15) is 0 Å². The SMILES string of the molecule is CCN(Cc1ccn(C)n1)CC(C)(C)CN. The van der Waals surface area contributed by atoms with Crippen LogP contribution in [0.3, 0.4) is 0 Å². The van der Waals surface area contributed by atoms with Crippen LogP contribution in [-0.2, 0) is 13.6 Å². The summed E-state index contributed by atoms with van der Waals surface area (Å²) in [5.41, 5.74) is 7.05. The molecule has 0 radical (unpaired) electrons. The minimum atomic E-state index is 0.171. The molecule has 1 aromatic heterocycles. The van der Waals surface area contributed by atoms with Crippen molar-refractivity contribution in [3.05, 3.63) is 18.0 Å². The number of hydrogen-bond acceptors (Lipinski definition) is 3. The van der Waals surface area contributed by atoms with Crippen LogP contribution < -0.4 is 5.73 Å².